The van der Waals surface area contributed by atoms with Gasteiger partial charge in [-0.2, -0.15) is 0 Å². The Hall–Kier alpha value is -1.23. The van der Waals surface area contributed by atoms with Gasteiger partial charge in [0.05, 0.1) is 10.0 Å². The summed E-state index contributed by atoms with van der Waals surface area (Å²) < 4.78 is 0.889. The van der Waals surface area contributed by atoms with Crippen molar-refractivity contribution in [3.63, 3.8) is 0 Å². The van der Waals surface area contributed by atoms with Gasteiger partial charge >= 0.3 is 0 Å². The van der Waals surface area contributed by atoms with Gasteiger partial charge in [-0.15, -0.1) is 0 Å². The molecule has 0 aromatic heterocycles. The van der Waals surface area contributed by atoms with Gasteiger partial charge < -0.3 is 10.4 Å². The molecule has 6 heteroatoms. The summed E-state index contributed by atoms with van der Waals surface area (Å²) in [5, 5.41) is 12.2. The first-order valence-corrected chi connectivity index (χ1v) is 6.77. The van der Waals surface area contributed by atoms with Gasteiger partial charge in [0.25, 0.3) is 5.91 Å². The molecule has 0 aliphatic rings. The Balaban J connectivity index is 2.22. The van der Waals surface area contributed by atoms with Crippen LogP contribution in [0.4, 0.5) is 5.69 Å². The number of phenols is 1. The predicted octanol–water partition coefficient (Wildman–Crippen LogP) is 4.71. The molecule has 19 heavy (non-hydrogen) atoms. The average molecular weight is 361 g/mol. The maximum absolute atomic E-state index is 12.0. The van der Waals surface area contributed by atoms with Crippen LogP contribution in [0.5, 0.6) is 5.75 Å². The van der Waals surface area contributed by atoms with Gasteiger partial charge in [0.2, 0.25) is 0 Å². The smallest absolute Gasteiger partial charge is 0.255 e. The fourth-order valence-corrected chi connectivity index (χ4v) is 2.19. The van der Waals surface area contributed by atoms with Crippen molar-refractivity contribution in [1.82, 2.24) is 0 Å². The quantitative estimate of drug-likeness (QED) is 0.761. The Morgan fingerprint density at radius 1 is 1.11 bits per heavy atom. The Kier molecular flexibility index (Phi) is 4.34. The molecule has 2 aromatic rings. The Morgan fingerprint density at radius 2 is 1.63 bits per heavy atom. The van der Waals surface area contributed by atoms with Crippen LogP contribution in [0.15, 0.2) is 40.9 Å². The third-order valence-corrected chi connectivity index (χ3v) is 3.49. The molecule has 0 heterocycles. The van der Waals surface area contributed by atoms with E-state index >= 15 is 0 Å². The third kappa shape index (κ3) is 3.41. The molecule has 0 aliphatic heterocycles. The highest BCUT2D eigenvalue weighted by Gasteiger charge is 2.10. The molecule has 0 bridgehead atoms. The molecule has 98 valence electrons. The summed E-state index contributed by atoms with van der Waals surface area (Å²) in [7, 11) is 0. The van der Waals surface area contributed by atoms with E-state index in [4.69, 9.17) is 23.2 Å². The van der Waals surface area contributed by atoms with Crippen LogP contribution >= 0.6 is 39.1 Å². The molecular formula is C13H8BrCl2NO2. The Labute approximate surface area is 128 Å². The molecule has 0 radical (unpaired) electrons. The van der Waals surface area contributed by atoms with Crippen LogP contribution < -0.4 is 5.32 Å². The SMILES string of the molecule is O=C(Nc1cc(Cl)c(O)c(Cl)c1)c1ccc(Br)cc1. The lowest BCUT2D eigenvalue weighted by Crippen LogP contribution is -2.11. The fraction of sp³-hybridized carbons (Fsp3) is 0. The maximum atomic E-state index is 12.0. The van der Waals surface area contributed by atoms with Crippen molar-refractivity contribution in [3.05, 3.63) is 56.5 Å². The first-order chi connectivity index (χ1) is 8.97. The highest BCUT2D eigenvalue weighted by Crippen LogP contribution is 2.34. The van der Waals surface area contributed by atoms with E-state index in [1.807, 2.05) is 0 Å². The Bertz CT molecular complexity index is 606. The monoisotopic (exact) mass is 359 g/mol. The van der Waals surface area contributed by atoms with Gasteiger partial charge in [0.1, 0.15) is 0 Å². The van der Waals surface area contributed by atoms with Crippen molar-refractivity contribution in [3.8, 4) is 5.75 Å². The van der Waals surface area contributed by atoms with Crippen molar-refractivity contribution in [2.24, 2.45) is 0 Å². The molecular weight excluding hydrogens is 353 g/mol. The lowest BCUT2D eigenvalue weighted by atomic mass is 10.2. The van der Waals surface area contributed by atoms with Crippen molar-refractivity contribution in [1.29, 1.82) is 0 Å². The number of halogens is 3. The number of amides is 1. The second kappa shape index (κ2) is 5.82. The van der Waals surface area contributed by atoms with Gasteiger partial charge in [-0.05, 0) is 36.4 Å². The second-order valence-electron chi connectivity index (χ2n) is 3.75. The number of carbonyl (C=O) groups excluding carboxylic acids is 1. The highest BCUT2D eigenvalue weighted by molar-refractivity contribution is 9.10. The van der Waals surface area contributed by atoms with E-state index in [2.05, 4.69) is 21.2 Å². The van der Waals surface area contributed by atoms with Gasteiger partial charge in [-0.1, -0.05) is 39.1 Å². The van der Waals surface area contributed by atoms with Crippen molar-refractivity contribution in [2.75, 3.05) is 5.32 Å². The molecule has 0 fully saturated rings. The third-order valence-electron chi connectivity index (χ3n) is 2.38. The molecule has 2 N–H and O–H groups in total. The molecule has 0 unspecified atom stereocenters. The van der Waals surface area contributed by atoms with Crippen molar-refractivity contribution >= 4 is 50.7 Å². The molecule has 1 amide bonds. The minimum atomic E-state index is -0.287. The number of hydrogen-bond donors (Lipinski definition) is 2. The largest absolute Gasteiger partial charge is 0.505 e. The summed E-state index contributed by atoms with van der Waals surface area (Å²) in [6.07, 6.45) is 0. The normalized spacial score (nSPS) is 10.3. The minimum Gasteiger partial charge on any atom is -0.505 e. The summed E-state index contributed by atoms with van der Waals surface area (Å²) >= 11 is 14.8. The number of hydrogen-bond acceptors (Lipinski definition) is 2. The van der Waals surface area contributed by atoms with Gasteiger partial charge in [-0.25, -0.2) is 0 Å². The van der Waals surface area contributed by atoms with Gasteiger partial charge in [0.15, 0.2) is 5.75 Å². The zero-order valence-electron chi connectivity index (χ0n) is 9.45. The van der Waals surface area contributed by atoms with Crippen molar-refractivity contribution in [2.45, 2.75) is 0 Å². The van der Waals surface area contributed by atoms with Gasteiger partial charge in [-0.3, -0.25) is 4.79 Å². The van der Waals surface area contributed by atoms with Crippen LogP contribution in [0, 0.1) is 0 Å². The second-order valence-corrected chi connectivity index (χ2v) is 5.48. The number of carbonyl (C=O) groups is 1. The molecule has 2 aromatic carbocycles. The number of benzene rings is 2. The topological polar surface area (TPSA) is 49.3 Å². The summed E-state index contributed by atoms with van der Waals surface area (Å²) in [5.41, 5.74) is 0.921. The molecule has 0 saturated heterocycles. The lowest BCUT2D eigenvalue weighted by Gasteiger charge is -2.08. The lowest BCUT2D eigenvalue weighted by molar-refractivity contribution is 0.102. The fourth-order valence-electron chi connectivity index (χ4n) is 1.44. The zero-order chi connectivity index (χ0) is 14.0. The van der Waals surface area contributed by atoms with Crippen LogP contribution in [0.25, 0.3) is 0 Å². The van der Waals surface area contributed by atoms with Crippen LogP contribution in [0.2, 0.25) is 10.0 Å². The van der Waals surface area contributed by atoms with Crippen LogP contribution in [0.3, 0.4) is 0 Å². The van der Waals surface area contributed by atoms with Crippen LogP contribution in [-0.2, 0) is 0 Å². The first kappa shape index (κ1) is 14.2. The van der Waals surface area contributed by atoms with E-state index in [0.717, 1.165) is 4.47 Å². The molecule has 0 spiro atoms. The van der Waals surface area contributed by atoms with E-state index < -0.39 is 0 Å². The summed E-state index contributed by atoms with van der Waals surface area (Å²) in [6, 6.07) is 9.77. The number of nitrogens with one attached hydrogen (secondary N) is 1. The summed E-state index contributed by atoms with van der Waals surface area (Å²) in [5.74, 6) is -0.490. The standard InChI is InChI=1S/C13H8BrCl2NO2/c14-8-3-1-7(2-4-8)13(19)17-9-5-10(15)12(18)11(16)6-9/h1-6,18H,(H,17,19). The van der Waals surface area contributed by atoms with Crippen LogP contribution in [0.1, 0.15) is 10.4 Å². The highest BCUT2D eigenvalue weighted by atomic mass is 79.9. The maximum Gasteiger partial charge on any atom is 0.255 e. The van der Waals surface area contributed by atoms with Crippen molar-refractivity contribution < 1.29 is 9.90 Å². The molecule has 0 saturated carbocycles. The van der Waals surface area contributed by atoms with E-state index in [1.165, 1.54) is 12.1 Å². The number of aromatic hydroxyl groups is 1. The number of anilines is 1. The first-order valence-electron chi connectivity index (χ1n) is 5.22. The minimum absolute atomic E-state index is 0.0820. The summed E-state index contributed by atoms with van der Waals surface area (Å²) in [6.45, 7) is 0. The Morgan fingerprint density at radius 3 is 2.16 bits per heavy atom. The van der Waals surface area contributed by atoms with E-state index in [-0.39, 0.29) is 21.7 Å². The van der Waals surface area contributed by atoms with Crippen LogP contribution in [-0.4, -0.2) is 11.0 Å². The predicted molar refractivity (Wildman–Crippen MR) is 80.2 cm³/mol. The van der Waals surface area contributed by atoms with Gasteiger partial charge in [0, 0.05) is 15.7 Å². The molecule has 0 aliphatic carbocycles. The molecule has 3 nitrogen and oxygen atoms in total. The summed E-state index contributed by atoms with van der Waals surface area (Å²) in [4.78, 5) is 12.0. The van der Waals surface area contributed by atoms with E-state index in [0.29, 0.717) is 11.3 Å². The number of rotatable bonds is 2. The number of phenolic OH excluding ortho intramolecular Hbond substituents is 1. The average Bonchev–Trinajstić information content (AvgIpc) is 2.36. The molecule has 2 rings (SSSR count). The van der Waals surface area contributed by atoms with E-state index in [9.17, 15) is 9.90 Å². The van der Waals surface area contributed by atoms with E-state index in [1.54, 1.807) is 24.3 Å². The molecule has 0 atom stereocenters. The zero-order valence-corrected chi connectivity index (χ0v) is 12.6.